The van der Waals surface area contributed by atoms with Crippen LogP contribution in [-0.4, -0.2) is 24.5 Å². The lowest BCUT2D eigenvalue weighted by atomic mass is 9.87. The highest BCUT2D eigenvalue weighted by atomic mass is 35.5. The standard InChI is InChI=1S/C14H20ClFN2/c1-10-4-5-18(9-12(10)7-17)8-11-2-3-13(15)14(16)6-11/h2-3,6,10,12H,4-5,7-9,17H2,1H3. The third kappa shape index (κ3) is 3.22. The van der Waals surface area contributed by atoms with Crippen LogP contribution in [0.15, 0.2) is 18.2 Å². The monoisotopic (exact) mass is 270 g/mol. The molecule has 4 heteroatoms. The fourth-order valence-corrected chi connectivity index (χ4v) is 2.69. The molecule has 100 valence electrons. The Balaban J connectivity index is 1.99. The Morgan fingerprint density at radius 2 is 2.28 bits per heavy atom. The molecule has 2 unspecified atom stereocenters. The molecule has 2 atom stereocenters. The Kier molecular flexibility index (Phi) is 4.60. The molecule has 0 spiro atoms. The molecule has 1 saturated heterocycles. The molecule has 0 radical (unpaired) electrons. The highest BCUT2D eigenvalue weighted by molar-refractivity contribution is 6.30. The molecule has 1 fully saturated rings. The Labute approximate surface area is 113 Å². The summed E-state index contributed by atoms with van der Waals surface area (Å²) in [4.78, 5) is 2.35. The van der Waals surface area contributed by atoms with Crippen molar-refractivity contribution in [2.45, 2.75) is 19.9 Å². The van der Waals surface area contributed by atoms with Crippen molar-refractivity contribution >= 4 is 11.6 Å². The second-order valence-corrected chi connectivity index (χ2v) is 5.65. The molecular formula is C14H20ClFN2. The average molecular weight is 271 g/mol. The van der Waals surface area contributed by atoms with Crippen LogP contribution in [0.4, 0.5) is 4.39 Å². The van der Waals surface area contributed by atoms with E-state index in [4.69, 9.17) is 17.3 Å². The summed E-state index contributed by atoms with van der Waals surface area (Å²) in [5, 5.41) is 0.186. The summed E-state index contributed by atoms with van der Waals surface area (Å²) in [5.41, 5.74) is 6.76. The first-order valence-electron chi connectivity index (χ1n) is 6.46. The van der Waals surface area contributed by atoms with Crippen LogP contribution in [0.1, 0.15) is 18.9 Å². The summed E-state index contributed by atoms with van der Waals surface area (Å²) in [6.07, 6.45) is 1.16. The topological polar surface area (TPSA) is 29.3 Å². The fraction of sp³-hybridized carbons (Fsp3) is 0.571. The summed E-state index contributed by atoms with van der Waals surface area (Å²) >= 11 is 5.68. The smallest absolute Gasteiger partial charge is 0.142 e. The molecule has 2 rings (SSSR count). The number of nitrogens with zero attached hydrogens (tertiary/aromatic N) is 1. The Morgan fingerprint density at radius 3 is 2.94 bits per heavy atom. The molecule has 18 heavy (non-hydrogen) atoms. The highest BCUT2D eigenvalue weighted by Gasteiger charge is 2.24. The number of nitrogens with two attached hydrogens (primary N) is 1. The van der Waals surface area contributed by atoms with E-state index >= 15 is 0 Å². The van der Waals surface area contributed by atoms with Gasteiger partial charge in [-0.05, 0) is 49.0 Å². The molecular weight excluding hydrogens is 251 g/mol. The van der Waals surface area contributed by atoms with Gasteiger partial charge in [-0.25, -0.2) is 4.39 Å². The van der Waals surface area contributed by atoms with Crippen LogP contribution in [0.3, 0.4) is 0 Å². The Hall–Kier alpha value is -0.640. The number of halogens is 2. The minimum Gasteiger partial charge on any atom is -0.330 e. The van der Waals surface area contributed by atoms with Crippen molar-refractivity contribution in [3.63, 3.8) is 0 Å². The van der Waals surface area contributed by atoms with Crippen molar-refractivity contribution < 1.29 is 4.39 Å². The number of benzene rings is 1. The Morgan fingerprint density at radius 1 is 1.50 bits per heavy atom. The van der Waals surface area contributed by atoms with Gasteiger partial charge in [-0.15, -0.1) is 0 Å². The van der Waals surface area contributed by atoms with Crippen LogP contribution in [-0.2, 0) is 6.54 Å². The van der Waals surface area contributed by atoms with Crippen LogP contribution in [0, 0.1) is 17.7 Å². The molecule has 0 aromatic heterocycles. The van der Waals surface area contributed by atoms with Gasteiger partial charge in [-0.2, -0.15) is 0 Å². The fourth-order valence-electron chi connectivity index (χ4n) is 2.57. The van der Waals surface area contributed by atoms with E-state index in [0.717, 1.165) is 38.2 Å². The predicted octanol–water partition coefficient (Wildman–Crippen LogP) is 2.90. The van der Waals surface area contributed by atoms with Gasteiger partial charge in [-0.3, -0.25) is 4.90 Å². The summed E-state index contributed by atoms with van der Waals surface area (Å²) in [7, 11) is 0. The van der Waals surface area contributed by atoms with Gasteiger partial charge in [0.15, 0.2) is 0 Å². The lowest BCUT2D eigenvalue weighted by Crippen LogP contribution is -2.42. The lowest BCUT2D eigenvalue weighted by molar-refractivity contribution is 0.126. The zero-order valence-electron chi connectivity index (χ0n) is 10.7. The van der Waals surface area contributed by atoms with E-state index in [1.807, 2.05) is 6.07 Å². The molecule has 1 aromatic carbocycles. The first-order chi connectivity index (χ1) is 8.60. The van der Waals surface area contributed by atoms with Gasteiger partial charge in [0.1, 0.15) is 5.82 Å². The second kappa shape index (κ2) is 6.00. The number of likely N-dealkylation sites (tertiary alicyclic amines) is 1. The maximum absolute atomic E-state index is 13.4. The van der Waals surface area contributed by atoms with E-state index in [2.05, 4.69) is 11.8 Å². The van der Waals surface area contributed by atoms with E-state index in [-0.39, 0.29) is 10.8 Å². The summed E-state index contributed by atoms with van der Waals surface area (Å²) in [5.74, 6) is 0.902. The number of rotatable bonds is 3. The third-order valence-electron chi connectivity index (χ3n) is 3.89. The number of hydrogen-bond donors (Lipinski definition) is 1. The summed E-state index contributed by atoms with van der Waals surface area (Å²) in [6, 6.07) is 5.04. The van der Waals surface area contributed by atoms with Gasteiger partial charge in [0.2, 0.25) is 0 Å². The van der Waals surface area contributed by atoms with Crippen LogP contribution in [0.5, 0.6) is 0 Å². The minimum atomic E-state index is -0.338. The highest BCUT2D eigenvalue weighted by Crippen LogP contribution is 2.24. The largest absolute Gasteiger partial charge is 0.330 e. The SMILES string of the molecule is CC1CCN(Cc2ccc(Cl)c(F)c2)CC1CN. The van der Waals surface area contributed by atoms with E-state index in [1.165, 1.54) is 6.07 Å². The van der Waals surface area contributed by atoms with Gasteiger partial charge in [0.05, 0.1) is 5.02 Å². The molecule has 1 aromatic rings. The molecule has 2 N–H and O–H groups in total. The molecule has 1 aliphatic rings. The maximum Gasteiger partial charge on any atom is 0.142 e. The van der Waals surface area contributed by atoms with Crippen molar-refractivity contribution in [1.82, 2.24) is 4.90 Å². The maximum atomic E-state index is 13.4. The predicted molar refractivity (Wildman–Crippen MR) is 73.0 cm³/mol. The van der Waals surface area contributed by atoms with Crippen molar-refractivity contribution in [3.05, 3.63) is 34.6 Å². The average Bonchev–Trinajstić information content (AvgIpc) is 2.36. The molecule has 2 nitrogen and oxygen atoms in total. The van der Waals surface area contributed by atoms with Crippen molar-refractivity contribution in [2.75, 3.05) is 19.6 Å². The number of hydrogen-bond acceptors (Lipinski definition) is 2. The minimum absolute atomic E-state index is 0.186. The molecule has 0 amide bonds. The van der Waals surface area contributed by atoms with E-state index < -0.39 is 0 Å². The van der Waals surface area contributed by atoms with Crippen molar-refractivity contribution in [3.8, 4) is 0 Å². The zero-order chi connectivity index (χ0) is 13.1. The normalized spacial score (nSPS) is 25.3. The molecule has 0 aliphatic carbocycles. The van der Waals surface area contributed by atoms with Gasteiger partial charge in [-0.1, -0.05) is 24.6 Å². The van der Waals surface area contributed by atoms with Gasteiger partial charge < -0.3 is 5.73 Å². The molecule has 0 saturated carbocycles. The third-order valence-corrected chi connectivity index (χ3v) is 4.20. The van der Waals surface area contributed by atoms with Crippen LogP contribution in [0.2, 0.25) is 5.02 Å². The first kappa shape index (κ1) is 13.8. The summed E-state index contributed by atoms with van der Waals surface area (Å²) < 4.78 is 13.4. The Bertz CT molecular complexity index is 411. The summed E-state index contributed by atoms with van der Waals surface area (Å²) in [6.45, 7) is 5.82. The van der Waals surface area contributed by atoms with E-state index in [9.17, 15) is 4.39 Å². The van der Waals surface area contributed by atoms with Crippen molar-refractivity contribution in [2.24, 2.45) is 17.6 Å². The zero-order valence-corrected chi connectivity index (χ0v) is 11.5. The molecule has 0 bridgehead atoms. The van der Waals surface area contributed by atoms with Crippen molar-refractivity contribution in [1.29, 1.82) is 0 Å². The first-order valence-corrected chi connectivity index (χ1v) is 6.84. The van der Waals surface area contributed by atoms with Crippen LogP contribution < -0.4 is 5.73 Å². The van der Waals surface area contributed by atoms with Crippen LogP contribution in [0.25, 0.3) is 0 Å². The molecule has 1 aliphatic heterocycles. The van der Waals surface area contributed by atoms with Gasteiger partial charge in [0.25, 0.3) is 0 Å². The second-order valence-electron chi connectivity index (χ2n) is 5.25. The quantitative estimate of drug-likeness (QED) is 0.915. The molecule has 1 heterocycles. The van der Waals surface area contributed by atoms with Gasteiger partial charge >= 0.3 is 0 Å². The number of piperidine rings is 1. The van der Waals surface area contributed by atoms with Gasteiger partial charge in [0, 0.05) is 13.1 Å². The van der Waals surface area contributed by atoms with E-state index in [0.29, 0.717) is 11.8 Å². The lowest BCUT2D eigenvalue weighted by Gasteiger charge is -2.36. The van der Waals surface area contributed by atoms with Crippen LogP contribution >= 0.6 is 11.6 Å². The van der Waals surface area contributed by atoms with E-state index in [1.54, 1.807) is 6.07 Å².